The Bertz CT molecular complexity index is 1280. The lowest BCUT2D eigenvalue weighted by molar-refractivity contribution is -0.149. The van der Waals surface area contributed by atoms with Crippen LogP contribution in [0.3, 0.4) is 0 Å². The van der Waals surface area contributed by atoms with Gasteiger partial charge in [0.25, 0.3) is 5.91 Å². The summed E-state index contributed by atoms with van der Waals surface area (Å²) in [4.78, 5) is 39.7. The summed E-state index contributed by atoms with van der Waals surface area (Å²) in [7, 11) is 1.42. The van der Waals surface area contributed by atoms with Crippen LogP contribution in [-0.4, -0.2) is 84.4 Å². The number of aliphatic hydroxyl groups excluding tert-OH is 2. The van der Waals surface area contributed by atoms with Crippen LogP contribution in [0.15, 0.2) is 48.0 Å². The van der Waals surface area contributed by atoms with Gasteiger partial charge in [0, 0.05) is 37.3 Å². The number of carbonyl (C=O) groups excluding carboxylic acids is 3. The molecule has 0 saturated carbocycles. The Labute approximate surface area is 250 Å². The van der Waals surface area contributed by atoms with Crippen molar-refractivity contribution in [1.29, 1.82) is 0 Å². The van der Waals surface area contributed by atoms with Crippen molar-refractivity contribution in [2.45, 2.75) is 50.2 Å². The summed E-state index contributed by atoms with van der Waals surface area (Å²) in [6, 6.07) is 7.87. The van der Waals surface area contributed by atoms with Gasteiger partial charge in [-0.2, -0.15) is 0 Å². The molecule has 0 radical (unpaired) electrons. The first-order valence-corrected chi connectivity index (χ1v) is 14.3. The van der Waals surface area contributed by atoms with Crippen molar-refractivity contribution in [3.05, 3.63) is 68.6 Å². The predicted octanol–water partition coefficient (Wildman–Crippen LogP) is 2.37. The third-order valence-corrected chi connectivity index (χ3v) is 7.81. The molecule has 1 fully saturated rings. The highest BCUT2D eigenvalue weighted by Gasteiger charge is 2.43. The van der Waals surface area contributed by atoms with E-state index >= 15 is 0 Å². The number of aldehydes is 1. The standard InChI is InChI=1S/C29H32FIN2O8/c1-39-25-12-18(16-35)11-21(31)27(25)41-24-14-19(28(37)32-8-9-34)13-22(26(24)36)33(29(38)23-3-2-10-40-23)15-17-4-6-20(30)7-5-17/h4-7,11-12,14,16,22-24,26,34,36H,2-3,8-10,13,15H2,1H3,(H,32,37)/t22-,23?,24+,26+/m1/s1. The molecule has 2 aromatic rings. The number of amides is 2. The van der Waals surface area contributed by atoms with Crippen LogP contribution in [0.5, 0.6) is 11.5 Å². The van der Waals surface area contributed by atoms with E-state index in [0.717, 1.165) is 0 Å². The zero-order chi connectivity index (χ0) is 29.5. The van der Waals surface area contributed by atoms with E-state index in [4.69, 9.17) is 14.2 Å². The topological polar surface area (TPSA) is 135 Å². The number of benzene rings is 2. The summed E-state index contributed by atoms with van der Waals surface area (Å²) in [5.74, 6) is -0.744. The molecular weight excluding hydrogens is 650 g/mol. The minimum absolute atomic E-state index is 0.00372. The molecule has 2 aromatic carbocycles. The van der Waals surface area contributed by atoms with Gasteiger partial charge in [0.05, 0.1) is 23.3 Å². The second-order valence-electron chi connectivity index (χ2n) is 9.76. The Morgan fingerprint density at radius 3 is 2.66 bits per heavy atom. The Hall–Kier alpha value is -3.07. The molecule has 12 heteroatoms. The predicted molar refractivity (Wildman–Crippen MR) is 154 cm³/mol. The fourth-order valence-corrected chi connectivity index (χ4v) is 5.69. The van der Waals surface area contributed by atoms with Crippen molar-refractivity contribution in [2.24, 2.45) is 0 Å². The van der Waals surface area contributed by atoms with Crippen molar-refractivity contribution in [2.75, 3.05) is 26.9 Å². The van der Waals surface area contributed by atoms with E-state index in [2.05, 4.69) is 5.32 Å². The van der Waals surface area contributed by atoms with Gasteiger partial charge in [-0.05, 0) is 71.3 Å². The summed E-state index contributed by atoms with van der Waals surface area (Å²) < 4.78 is 31.5. The molecule has 1 unspecified atom stereocenters. The normalized spacial score (nSPS) is 22.0. The molecule has 2 amide bonds. The first-order chi connectivity index (χ1) is 19.7. The number of ether oxygens (including phenoxy) is 3. The molecule has 1 aliphatic heterocycles. The zero-order valence-corrected chi connectivity index (χ0v) is 24.6. The van der Waals surface area contributed by atoms with Gasteiger partial charge in [0.2, 0.25) is 5.91 Å². The Kier molecular flexibility index (Phi) is 10.7. The fourth-order valence-electron chi connectivity index (χ4n) is 4.94. The highest BCUT2D eigenvalue weighted by molar-refractivity contribution is 14.1. The lowest BCUT2D eigenvalue weighted by atomic mass is 9.87. The number of rotatable bonds is 11. The number of methoxy groups -OCH3 is 1. The van der Waals surface area contributed by atoms with Crippen molar-refractivity contribution in [3.63, 3.8) is 0 Å². The summed E-state index contributed by atoms with van der Waals surface area (Å²) in [6.45, 7) is 0.219. The Morgan fingerprint density at radius 2 is 2.02 bits per heavy atom. The average Bonchev–Trinajstić information content (AvgIpc) is 3.52. The number of aliphatic hydroxyl groups is 2. The number of hydrogen-bond acceptors (Lipinski definition) is 8. The third kappa shape index (κ3) is 7.42. The van der Waals surface area contributed by atoms with Gasteiger partial charge in [-0.15, -0.1) is 0 Å². The highest BCUT2D eigenvalue weighted by atomic mass is 127. The second-order valence-corrected chi connectivity index (χ2v) is 10.9. The molecule has 0 bridgehead atoms. The first kappa shape index (κ1) is 30.9. The highest BCUT2D eigenvalue weighted by Crippen LogP contribution is 2.37. The van der Waals surface area contributed by atoms with Crippen LogP contribution >= 0.6 is 22.6 Å². The molecule has 0 aromatic heterocycles. The largest absolute Gasteiger partial charge is 0.493 e. The lowest BCUT2D eigenvalue weighted by Crippen LogP contribution is -2.56. The number of nitrogens with zero attached hydrogens (tertiary/aromatic N) is 1. The quantitative estimate of drug-likeness (QED) is 0.243. The van der Waals surface area contributed by atoms with Crippen LogP contribution in [-0.2, 0) is 20.9 Å². The second kappa shape index (κ2) is 14.2. The molecule has 220 valence electrons. The number of nitrogens with one attached hydrogen (secondary N) is 1. The molecule has 3 N–H and O–H groups in total. The monoisotopic (exact) mass is 682 g/mol. The van der Waals surface area contributed by atoms with E-state index in [-0.39, 0.29) is 49.1 Å². The molecule has 2 aliphatic rings. The SMILES string of the molecule is COc1cc(C=O)cc(I)c1O[C@H]1C=C(C(=O)NCCO)C[C@@H](N(Cc2ccc(F)cc2)C(=O)C2CCCO2)[C@@H]1O. The van der Waals surface area contributed by atoms with E-state index in [1.165, 1.54) is 36.3 Å². The van der Waals surface area contributed by atoms with Crippen molar-refractivity contribution >= 4 is 40.7 Å². The minimum Gasteiger partial charge on any atom is -0.493 e. The maximum absolute atomic E-state index is 13.8. The summed E-state index contributed by atoms with van der Waals surface area (Å²) >= 11 is 1.99. The van der Waals surface area contributed by atoms with E-state index in [9.17, 15) is 29.0 Å². The molecule has 0 spiro atoms. The van der Waals surface area contributed by atoms with Crippen LogP contribution < -0.4 is 14.8 Å². The van der Waals surface area contributed by atoms with Gasteiger partial charge in [0.1, 0.15) is 30.4 Å². The molecule has 41 heavy (non-hydrogen) atoms. The van der Waals surface area contributed by atoms with Crippen molar-refractivity contribution in [3.8, 4) is 11.5 Å². The molecule has 4 rings (SSSR count). The molecule has 1 aliphatic carbocycles. The third-order valence-electron chi connectivity index (χ3n) is 7.01. The Morgan fingerprint density at radius 1 is 1.27 bits per heavy atom. The van der Waals surface area contributed by atoms with E-state index in [0.29, 0.717) is 40.4 Å². The molecule has 4 atom stereocenters. The Balaban J connectivity index is 1.73. The van der Waals surface area contributed by atoms with E-state index < -0.39 is 36.1 Å². The average molecular weight is 682 g/mol. The smallest absolute Gasteiger partial charge is 0.252 e. The maximum Gasteiger partial charge on any atom is 0.252 e. The molecule has 1 heterocycles. The lowest BCUT2D eigenvalue weighted by Gasteiger charge is -2.41. The molecule has 1 saturated heterocycles. The van der Waals surface area contributed by atoms with Gasteiger partial charge in [0.15, 0.2) is 11.5 Å². The van der Waals surface area contributed by atoms with Crippen molar-refractivity contribution in [1.82, 2.24) is 10.2 Å². The number of halogens is 2. The zero-order valence-electron chi connectivity index (χ0n) is 22.4. The van der Waals surface area contributed by atoms with Gasteiger partial charge in [-0.3, -0.25) is 14.4 Å². The summed E-state index contributed by atoms with van der Waals surface area (Å²) in [5.41, 5.74) is 1.25. The molecular formula is C29H32FIN2O8. The fraction of sp³-hybridized carbons (Fsp3) is 0.414. The van der Waals surface area contributed by atoms with Crippen LogP contribution in [0, 0.1) is 9.39 Å². The van der Waals surface area contributed by atoms with Crippen LogP contribution in [0.25, 0.3) is 0 Å². The number of carbonyl (C=O) groups is 3. The van der Waals surface area contributed by atoms with Crippen LogP contribution in [0.4, 0.5) is 4.39 Å². The number of hydrogen-bond donors (Lipinski definition) is 3. The van der Waals surface area contributed by atoms with Gasteiger partial charge in [-0.1, -0.05) is 12.1 Å². The van der Waals surface area contributed by atoms with Crippen molar-refractivity contribution < 1.29 is 43.2 Å². The van der Waals surface area contributed by atoms with Gasteiger partial charge < -0.3 is 34.6 Å². The first-order valence-electron chi connectivity index (χ1n) is 13.2. The van der Waals surface area contributed by atoms with Crippen LogP contribution in [0.1, 0.15) is 35.2 Å². The summed E-state index contributed by atoms with van der Waals surface area (Å²) in [5, 5.41) is 23.5. The van der Waals surface area contributed by atoms with E-state index in [1.54, 1.807) is 18.2 Å². The minimum atomic E-state index is -1.29. The van der Waals surface area contributed by atoms with E-state index in [1.807, 2.05) is 22.6 Å². The maximum atomic E-state index is 13.8. The molecule has 10 nitrogen and oxygen atoms in total. The van der Waals surface area contributed by atoms with Gasteiger partial charge in [-0.25, -0.2) is 4.39 Å². The van der Waals surface area contributed by atoms with Gasteiger partial charge >= 0.3 is 0 Å². The summed E-state index contributed by atoms with van der Waals surface area (Å²) in [6.07, 6.45) is 0.287. The van der Waals surface area contributed by atoms with Crippen LogP contribution in [0.2, 0.25) is 0 Å².